The van der Waals surface area contributed by atoms with Crippen molar-refractivity contribution >= 4 is 5.91 Å². The Morgan fingerprint density at radius 2 is 2.43 bits per heavy atom. The number of nitrogens with zero attached hydrogens (tertiary/aromatic N) is 2. The van der Waals surface area contributed by atoms with Crippen LogP contribution in [0.25, 0.3) is 0 Å². The summed E-state index contributed by atoms with van der Waals surface area (Å²) in [4.78, 5) is 15.1. The van der Waals surface area contributed by atoms with Gasteiger partial charge in [0, 0.05) is 25.9 Å². The average Bonchev–Trinajstić information content (AvgIpc) is 2.51. The predicted octanol–water partition coefficient (Wildman–Crippen LogP) is 1.49. The molecule has 0 radical (unpaired) electrons. The molecular formula is C10H17N3O. The number of amides is 1. The first-order valence-electron chi connectivity index (χ1n) is 4.93. The Kier molecular flexibility index (Phi) is 3.68. The van der Waals surface area contributed by atoms with Gasteiger partial charge >= 0.3 is 0 Å². The molecule has 4 nitrogen and oxygen atoms in total. The molecule has 0 spiro atoms. The molecule has 1 amide bonds. The summed E-state index contributed by atoms with van der Waals surface area (Å²) in [6, 6.07) is -0.0194. The van der Waals surface area contributed by atoms with E-state index in [0.29, 0.717) is 0 Å². The van der Waals surface area contributed by atoms with Crippen molar-refractivity contribution in [1.29, 1.82) is 0 Å². The van der Waals surface area contributed by atoms with Crippen LogP contribution in [0.2, 0.25) is 0 Å². The summed E-state index contributed by atoms with van der Waals surface area (Å²) in [5.41, 5.74) is 0. The molecule has 4 heteroatoms. The lowest BCUT2D eigenvalue weighted by atomic mass is 10.3. The maximum absolute atomic E-state index is 10.9. The molecule has 1 heterocycles. The molecule has 1 atom stereocenters. The van der Waals surface area contributed by atoms with Crippen LogP contribution in [0.15, 0.2) is 12.4 Å². The van der Waals surface area contributed by atoms with Crippen LogP contribution in [0.3, 0.4) is 0 Å². The van der Waals surface area contributed by atoms with E-state index in [9.17, 15) is 4.79 Å². The van der Waals surface area contributed by atoms with E-state index in [0.717, 1.165) is 18.8 Å². The highest BCUT2D eigenvalue weighted by Crippen LogP contribution is 2.10. The normalized spacial score (nSPS) is 12.5. The SMILES string of the molecule is CCCn1ccnc1C(C)NC(C)=O. The molecule has 1 N–H and O–H groups in total. The van der Waals surface area contributed by atoms with Crippen LogP contribution in [0.5, 0.6) is 0 Å². The zero-order valence-corrected chi connectivity index (χ0v) is 8.95. The predicted molar refractivity (Wildman–Crippen MR) is 54.7 cm³/mol. The summed E-state index contributed by atoms with van der Waals surface area (Å²) < 4.78 is 2.07. The van der Waals surface area contributed by atoms with Gasteiger partial charge in [-0.15, -0.1) is 0 Å². The first-order valence-corrected chi connectivity index (χ1v) is 4.93. The van der Waals surface area contributed by atoms with Crippen molar-refractivity contribution < 1.29 is 4.79 Å². The third-order valence-electron chi connectivity index (χ3n) is 2.02. The van der Waals surface area contributed by atoms with E-state index in [-0.39, 0.29) is 11.9 Å². The smallest absolute Gasteiger partial charge is 0.217 e. The number of carbonyl (C=O) groups is 1. The van der Waals surface area contributed by atoms with Crippen LogP contribution in [0.4, 0.5) is 0 Å². The zero-order chi connectivity index (χ0) is 10.6. The van der Waals surface area contributed by atoms with Gasteiger partial charge in [-0.25, -0.2) is 4.98 Å². The minimum Gasteiger partial charge on any atom is -0.347 e. The lowest BCUT2D eigenvalue weighted by Crippen LogP contribution is -2.26. The summed E-state index contributed by atoms with van der Waals surface area (Å²) in [5, 5.41) is 2.82. The first kappa shape index (κ1) is 10.8. The molecule has 0 aliphatic carbocycles. The van der Waals surface area contributed by atoms with E-state index >= 15 is 0 Å². The largest absolute Gasteiger partial charge is 0.347 e. The van der Waals surface area contributed by atoms with Crippen molar-refractivity contribution in [2.75, 3.05) is 0 Å². The fourth-order valence-corrected chi connectivity index (χ4v) is 1.50. The van der Waals surface area contributed by atoms with Gasteiger partial charge in [-0.1, -0.05) is 6.92 Å². The van der Waals surface area contributed by atoms with Crippen molar-refractivity contribution in [2.24, 2.45) is 0 Å². The third kappa shape index (κ3) is 2.58. The minimum absolute atomic E-state index is 0.0194. The Bertz CT molecular complexity index is 306. The van der Waals surface area contributed by atoms with Crippen LogP contribution in [-0.2, 0) is 11.3 Å². The maximum Gasteiger partial charge on any atom is 0.217 e. The van der Waals surface area contributed by atoms with Crippen LogP contribution >= 0.6 is 0 Å². The molecule has 0 aliphatic rings. The Balaban J connectivity index is 2.72. The molecule has 1 aromatic heterocycles. The molecule has 0 fully saturated rings. The Morgan fingerprint density at radius 3 is 3.00 bits per heavy atom. The molecule has 0 saturated carbocycles. The van der Waals surface area contributed by atoms with Gasteiger partial charge in [0.25, 0.3) is 0 Å². The molecule has 14 heavy (non-hydrogen) atoms. The second-order valence-corrected chi connectivity index (χ2v) is 3.40. The van der Waals surface area contributed by atoms with Gasteiger partial charge in [0.1, 0.15) is 5.82 Å². The quantitative estimate of drug-likeness (QED) is 0.791. The summed E-state index contributed by atoms with van der Waals surface area (Å²) >= 11 is 0. The number of carbonyl (C=O) groups excluding carboxylic acids is 1. The molecule has 1 unspecified atom stereocenters. The standard InChI is InChI=1S/C10H17N3O/c1-4-6-13-7-5-11-10(13)8(2)12-9(3)14/h5,7-8H,4,6H2,1-3H3,(H,12,14). The lowest BCUT2D eigenvalue weighted by Gasteiger charge is -2.13. The zero-order valence-electron chi connectivity index (χ0n) is 8.95. The Labute approximate surface area is 84.3 Å². The summed E-state index contributed by atoms with van der Waals surface area (Å²) in [7, 11) is 0. The van der Waals surface area contributed by atoms with Crippen molar-refractivity contribution in [3.63, 3.8) is 0 Å². The van der Waals surface area contributed by atoms with Gasteiger partial charge in [0.15, 0.2) is 0 Å². The van der Waals surface area contributed by atoms with E-state index in [4.69, 9.17) is 0 Å². The van der Waals surface area contributed by atoms with E-state index in [1.807, 2.05) is 13.1 Å². The summed E-state index contributed by atoms with van der Waals surface area (Å²) in [6.45, 7) is 6.52. The molecular weight excluding hydrogens is 178 g/mol. The topological polar surface area (TPSA) is 46.9 Å². The highest BCUT2D eigenvalue weighted by Gasteiger charge is 2.11. The number of aryl methyl sites for hydroxylation is 1. The van der Waals surface area contributed by atoms with Gasteiger partial charge < -0.3 is 9.88 Å². The molecule has 0 aliphatic heterocycles. The number of nitrogens with one attached hydrogen (secondary N) is 1. The van der Waals surface area contributed by atoms with Gasteiger partial charge in [-0.05, 0) is 13.3 Å². The van der Waals surface area contributed by atoms with Crippen LogP contribution < -0.4 is 5.32 Å². The number of hydrogen-bond acceptors (Lipinski definition) is 2. The molecule has 1 aromatic rings. The fourth-order valence-electron chi connectivity index (χ4n) is 1.50. The third-order valence-corrected chi connectivity index (χ3v) is 2.02. The molecule has 0 saturated heterocycles. The second kappa shape index (κ2) is 4.79. The Morgan fingerprint density at radius 1 is 1.71 bits per heavy atom. The highest BCUT2D eigenvalue weighted by molar-refractivity contribution is 5.73. The van der Waals surface area contributed by atoms with Crippen molar-refractivity contribution in [3.8, 4) is 0 Å². The average molecular weight is 195 g/mol. The van der Waals surface area contributed by atoms with E-state index in [2.05, 4.69) is 21.8 Å². The van der Waals surface area contributed by atoms with Crippen LogP contribution in [0, 0.1) is 0 Å². The summed E-state index contributed by atoms with van der Waals surface area (Å²) in [5.74, 6) is 0.894. The monoisotopic (exact) mass is 195 g/mol. The number of aromatic nitrogens is 2. The fraction of sp³-hybridized carbons (Fsp3) is 0.600. The second-order valence-electron chi connectivity index (χ2n) is 3.40. The molecule has 0 aromatic carbocycles. The number of imidazole rings is 1. The highest BCUT2D eigenvalue weighted by atomic mass is 16.1. The van der Waals surface area contributed by atoms with Crippen molar-refractivity contribution in [3.05, 3.63) is 18.2 Å². The van der Waals surface area contributed by atoms with E-state index in [1.54, 1.807) is 6.20 Å². The van der Waals surface area contributed by atoms with Crippen molar-refractivity contribution in [2.45, 2.75) is 39.8 Å². The van der Waals surface area contributed by atoms with Crippen molar-refractivity contribution in [1.82, 2.24) is 14.9 Å². The van der Waals surface area contributed by atoms with Gasteiger partial charge in [-0.2, -0.15) is 0 Å². The first-order chi connectivity index (χ1) is 6.65. The molecule has 78 valence electrons. The Hall–Kier alpha value is -1.32. The van der Waals surface area contributed by atoms with Crippen LogP contribution in [0.1, 0.15) is 39.1 Å². The summed E-state index contributed by atoms with van der Waals surface area (Å²) in [6.07, 6.45) is 4.77. The van der Waals surface area contributed by atoms with E-state index in [1.165, 1.54) is 6.92 Å². The van der Waals surface area contributed by atoms with Gasteiger partial charge in [0.05, 0.1) is 6.04 Å². The molecule has 1 rings (SSSR count). The lowest BCUT2D eigenvalue weighted by molar-refractivity contribution is -0.119. The van der Waals surface area contributed by atoms with Crippen LogP contribution in [-0.4, -0.2) is 15.5 Å². The van der Waals surface area contributed by atoms with Gasteiger partial charge in [-0.3, -0.25) is 4.79 Å². The van der Waals surface area contributed by atoms with Gasteiger partial charge in [0.2, 0.25) is 5.91 Å². The maximum atomic E-state index is 10.9. The molecule has 0 bridgehead atoms. The van der Waals surface area contributed by atoms with E-state index < -0.39 is 0 Å². The number of hydrogen-bond donors (Lipinski definition) is 1. The minimum atomic E-state index is -0.0245. The number of rotatable bonds is 4.